The lowest BCUT2D eigenvalue weighted by molar-refractivity contribution is -0.203. The van der Waals surface area contributed by atoms with Gasteiger partial charge in [0.2, 0.25) is 0 Å². The standard InChI is InChI=1S/C11H20F4N4/c1-4-18-6-10(3,11(13,14)15)7(2)19-9(17)5-8(12)16/h9,16,18-19H,2,4-6,17H2,1,3H3. The molecule has 2 unspecified atom stereocenters. The fourth-order valence-electron chi connectivity index (χ4n) is 1.38. The van der Waals surface area contributed by atoms with Crippen LogP contribution in [0.25, 0.3) is 0 Å². The molecule has 19 heavy (non-hydrogen) atoms. The fraction of sp³-hybridized carbons (Fsp3) is 0.727. The van der Waals surface area contributed by atoms with Crippen LogP contribution in [-0.4, -0.2) is 31.4 Å². The summed E-state index contributed by atoms with van der Waals surface area (Å²) in [5.74, 6) is -1.20. The number of hydrogen-bond donors (Lipinski definition) is 4. The summed E-state index contributed by atoms with van der Waals surface area (Å²) < 4.78 is 51.6. The van der Waals surface area contributed by atoms with Crippen LogP contribution in [-0.2, 0) is 0 Å². The maximum Gasteiger partial charge on any atom is 0.400 e. The summed E-state index contributed by atoms with van der Waals surface area (Å²) in [6.07, 6.45) is -6.13. The van der Waals surface area contributed by atoms with Crippen LogP contribution in [0.2, 0.25) is 0 Å². The molecular weight excluding hydrogens is 264 g/mol. The van der Waals surface area contributed by atoms with E-state index >= 15 is 0 Å². The molecule has 0 spiro atoms. The second-order valence-electron chi connectivity index (χ2n) is 4.45. The zero-order chi connectivity index (χ0) is 15.3. The predicted molar refractivity (Wildman–Crippen MR) is 66.4 cm³/mol. The van der Waals surface area contributed by atoms with Crippen molar-refractivity contribution in [3.05, 3.63) is 12.3 Å². The molecule has 0 saturated heterocycles. The SMILES string of the molecule is C=C(NC(N)CC(=N)F)C(C)(CNCC)C(F)(F)F. The van der Waals surface area contributed by atoms with Crippen molar-refractivity contribution in [2.45, 2.75) is 32.6 Å². The van der Waals surface area contributed by atoms with Crippen LogP contribution in [0.1, 0.15) is 20.3 Å². The van der Waals surface area contributed by atoms with E-state index in [2.05, 4.69) is 17.2 Å². The van der Waals surface area contributed by atoms with Crippen LogP contribution in [0.15, 0.2) is 12.3 Å². The summed E-state index contributed by atoms with van der Waals surface area (Å²) in [5.41, 5.74) is 2.83. The molecule has 0 saturated carbocycles. The van der Waals surface area contributed by atoms with Gasteiger partial charge in [-0.2, -0.15) is 17.6 Å². The third kappa shape index (κ3) is 5.15. The van der Waals surface area contributed by atoms with Gasteiger partial charge in [0.1, 0.15) is 5.41 Å². The van der Waals surface area contributed by atoms with E-state index in [0.29, 0.717) is 6.54 Å². The Morgan fingerprint density at radius 2 is 1.95 bits per heavy atom. The van der Waals surface area contributed by atoms with Gasteiger partial charge in [0, 0.05) is 12.2 Å². The lowest BCUT2D eigenvalue weighted by Gasteiger charge is -2.35. The molecule has 0 amide bonds. The highest BCUT2D eigenvalue weighted by Crippen LogP contribution is 2.41. The number of halogens is 4. The molecule has 0 aromatic carbocycles. The summed E-state index contributed by atoms with van der Waals surface area (Å²) >= 11 is 0. The van der Waals surface area contributed by atoms with Gasteiger partial charge in [-0.3, -0.25) is 5.41 Å². The first-order valence-corrected chi connectivity index (χ1v) is 5.76. The van der Waals surface area contributed by atoms with E-state index in [-0.39, 0.29) is 12.2 Å². The predicted octanol–water partition coefficient (Wildman–Crippen LogP) is 1.89. The van der Waals surface area contributed by atoms with Gasteiger partial charge in [-0.25, -0.2) is 0 Å². The maximum atomic E-state index is 13.1. The molecule has 0 radical (unpaired) electrons. The molecule has 8 heteroatoms. The minimum Gasteiger partial charge on any atom is -0.373 e. The van der Waals surface area contributed by atoms with Gasteiger partial charge in [-0.1, -0.05) is 13.5 Å². The molecule has 0 aromatic heterocycles. The van der Waals surface area contributed by atoms with Crippen molar-refractivity contribution >= 4 is 5.97 Å². The molecule has 0 aliphatic carbocycles. The first-order valence-electron chi connectivity index (χ1n) is 5.76. The highest BCUT2D eigenvalue weighted by Gasteiger charge is 2.53. The molecule has 0 aliphatic rings. The zero-order valence-corrected chi connectivity index (χ0v) is 11.0. The number of alkyl halides is 3. The van der Waals surface area contributed by atoms with E-state index in [1.165, 1.54) is 0 Å². The molecule has 112 valence electrons. The molecule has 0 fully saturated rings. The zero-order valence-electron chi connectivity index (χ0n) is 11.0. The summed E-state index contributed by atoms with van der Waals surface area (Å²) in [4.78, 5) is 0. The number of hydrogen-bond acceptors (Lipinski definition) is 4. The van der Waals surface area contributed by atoms with E-state index < -0.39 is 30.1 Å². The smallest absolute Gasteiger partial charge is 0.373 e. The van der Waals surface area contributed by atoms with Crippen molar-refractivity contribution < 1.29 is 17.6 Å². The van der Waals surface area contributed by atoms with Crippen molar-refractivity contribution in [3.8, 4) is 0 Å². The van der Waals surface area contributed by atoms with Crippen molar-refractivity contribution in [2.24, 2.45) is 11.1 Å². The minimum absolute atomic E-state index is 0.352. The minimum atomic E-state index is -4.53. The lowest BCUT2D eigenvalue weighted by Crippen LogP contribution is -2.51. The van der Waals surface area contributed by atoms with Crippen LogP contribution in [0.3, 0.4) is 0 Å². The molecule has 2 atom stereocenters. The first-order chi connectivity index (χ1) is 8.54. The highest BCUT2D eigenvalue weighted by molar-refractivity contribution is 5.71. The van der Waals surface area contributed by atoms with Crippen molar-refractivity contribution in [3.63, 3.8) is 0 Å². The molecule has 0 rings (SSSR count). The Morgan fingerprint density at radius 3 is 2.32 bits per heavy atom. The normalized spacial score (nSPS) is 16.6. The Morgan fingerprint density at radius 1 is 1.42 bits per heavy atom. The maximum absolute atomic E-state index is 13.1. The summed E-state index contributed by atoms with van der Waals surface area (Å²) in [6.45, 7) is 6.03. The Kier molecular flexibility index (Phi) is 6.44. The van der Waals surface area contributed by atoms with E-state index in [9.17, 15) is 17.6 Å². The van der Waals surface area contributed by atoms with E-state index in [0.717, 1.165) is 6.92 Å². The highest BCUT2D eigenvalue weighted by atomic mass is 19.4. The quantitative estimate of drug-likeness (QED) is 0.312. The van der Waals surface area contributed by atoms with Gasteiger partial charge in [0.05, 0.1) is 12.6 Å². The number of rotatable bonds is 8. The van der Waals surface area contributed by atoms with Crippen molar-refractivity contribution in [1.82, 2.24) is 10.6 Å². The summed E-state index contributed by atoms with van der Waals surface area (Å²) in [5, 5.41) is 11.5. The van der Waals surface area contributed by atoms with Gasteiger partial charge >= 0.3 is 6.18 Å². The monoisotopic (exact) mass is 284 g/mol. The Balaban J connectivity index is 4.87. The average Bonchev–Trinajstić information content (AvgIpc) is 2.22. The number of nitrogens with two attached hydrogens (primary N) is 1. The van der Waals surface area contributed by atoms with Crippen molar-refractivity contribution in [1.29, 1.82) is 5.41 Å². The molecule has 5 N–H and O–H groups in total. The summed E-state index contributed by atoms with van der Waals surface area (Å²) in [6, 6.07) is 0. The first kappa shape index (κ1) is 17.8. The van der Waals surface area contributed by atoms with Crippen LogP contribution < -0.4 is 16.4 Å². The van der Waals surface area contributed by atoms with Gasteiger partial charge < -0.3 is 16.4 Å². The van der Waals surface area contributed by atoms with Gasteiger partial charge in [0.15, 0.2) is 5.97 Å². The largest absolute Gasteiger partial charge is 0.400 e. The third-order valence-electron chi connectivity index (χ3n) is 2.78. The van der Waals surface area contributed by atoms with Crippen LogP contribution >= 0.6 is 0 Å². The van der Waals surface area contributed by atoms with Crippen LogP contribution in [0, 0.1) is 10.8 Å². The lowest BCUT2D eigenvalue weighted by atomic mass is 9.86. The molecule has 0 aromatic rings. The van der Waals surface area contributed by atoms with Crippen LogP contribution in [0.5, 0.6) is 0 Å². The third-order valence-corrected chi connectivity index (χ3v) is 2.78. The van der Waals surface area contributed by atoms with Gasteiger partial charge in [0.25, 0.3) is 0 Å². The topological polar surface area (TPSA) is 73.9 Å². The van der Waals surface area contributed by atoms with E-state index in [1.54, 1.807) is 6.92 Å². The van der Waals surface area contributed by atoms with Crippen LogP contribution in [0.4, 0.5) is 17.6 Å². The molecule has 0 aliphatic heterocycles. The van der Waals surface area contributed by atoms with E-state index in [4.69, 9.17) is 11.1 Å². The molecular formula is C11H20F4N4. The van der Waals surface area contributed by atoms with Crippen molar-refractivity contribution in [2.75, 3.05) is 13.1 Å². The second-order valence-corrected chi connectivity index (χ2v) is 4.45. The average molecular weight is 284 g/mol. The summed E-state index contributed by atoms with van der Waals surface area (Å²) in [7, 11) is 0. The Bertz CT molecular complexity index is 329. The van der Waals surface area contributed by atoms with E-state index in [1.807, 2.05) is 0 Å². The second kappa shape index (κ2) is 6.85. The molecule has 0 heterocycles. The molecule has 0 bridgehead atoms. The Hall–Kier alpha value is -1.15. The Labute approximate surface area is 109 Å². The molecule has 4 nitrogen and oxygen atoms in total. The van der Waals surface area contributed by atoms with Gasteiger partial charge in [-0.15, -0.1) is 0 Å². The fourth-order valence-corrected chi connectivity index (χ4v) is 1.38. The number of nitrogens with one attached hydrogen (secondary N) is 3. The van der Waals surface area contributed by atoms with Gasteiger partial charge in [-0.05, 0) is 13.5 Å².